The van der Waals surface area contributed by atoms with E-state index >= 15 is 0 Å². The maximum Gasteiger partial charge on any atom is 0.245 e. The minimum atomic E-state index is -3.96. The number of benzene rings is 1. The molecule has 0 fully saturated rings. The Kier molecular flexibility index (Phi) is 4.09. The molecule has 1 rings (SSSR count). The van der Waals surface area contributed by atoms with Crippen molar-refractivity contribution in [1.82, 2.24) is 4.31 Å². The molecule has 1 atom stereocenters. The SMILES string of the molecule is CC(C#N)N(C)S(=O)(=O)c1cc(F)ccc1Cl. The lowest BCUT2D eigenvalue weighted by molar-refractivity contribution is 0.441. The zero-order valence-corrected chi connectivity index (χ0v) is 10.8. The van der Waals surface area contributed by atoms with Gasteiger partial charge >= 0.3 is 0 Å². The van der Waals surface area contributed by atoms with Crippen LogP contribution in [0.3, 0.4) is 0 Å². The van der Waals surface area contributed by atoms with Gasteiger partial charge in [-0.05, 0) is 25.1 Å². The van der Waals surface area contributed by atoms with Crippen molar-refractivity contribution in [2.45, 2.75) is 17.9 Å². The number of sulfonamides is 1. The molecule has 0 aromatic heterocycles. The molecule has 0 aliphatic heterocycles. The molecule has 0 saturated heterocycles. The fourth-order valence-electron chi connectivity index (χ4n) is 1.12. The van der Waals surface area contributed by atoms with E-state index in [2.05, 4.69) is 0 Å². The Morgan fingerprint density at radius 2 is 2.12 bits per heavy atom. The second-order valence-electron chi connectivity index (χ2n) is 3.40. The second-order valence-corrected chi connectivity index (χ2v) is 5.77. The molecule has 0 radical (unpaired) electrons. The van der Waals surface area contributed by atoms with Crippen molar-refractivity contribution >= 4 is 21.6 Å². The van der Waals surface area contributed by atoms with Crippen LogP contribution in [0.2, 0.25) is 5.02 Å². The van der Waals surface area contributed by atoms with Gasteiger partial charge in [-0.1, -0.05) is 11.6 Å². The van der Waals surface area contributed by atoms with Crippen LogP contribution in [0.5, 0.6) is 0 Å². The van der Waals surface area contributed by atoms with Gasteiger partial charge in [0.1, 0.15) is 16.8 Å². The van der Waals surface area contributed by atoms with Crippen molar-refractivity contribution in [3.63, 3.8) is 0 Å². The first kappa shape index (κ1) is 13.9. The average molecular weight is 277 g/mol. The van der Waals surface area contributed by atoms with Crippen LogP contribution in [-0.2, 0) is 10.0 Å². The van der Waals surface area contributed by atoms with Gasteiger partial charge in [-0.2, -0.15) is 9.57 Å². The minimum absolute atomic E-state index is 0.0802. The molecule has 1 unspecified atom stereocenters. The van der Waals surface area contributed by atoms with Crippen LogP contribution in [0.25, 0.3) is 0 Å². The standard InChI is InChI=1S/C10H10ClFN2O2S/c1-7(6-13)14(2)17(15,16)10-5-8(12)3-4-9(10)11/h3-5,7H,1-2H3. The summed E-state index contributed by atoms with van der Waals surface area (Å²) in [4.78, 5) is -0.344. The van der Waals surface area contributed by atoms with Crippen LogP contribution in [0.1, 0.15) is 6.92 Å². The fourth-order valence-corrected chi connectivity index (χ4v) is 2.88. The van der Waals surface area contributed by atoms with Crippen molar-refractivity contribution in [3.8, 4) is 6.07 Å². The largest absolute Gasteiger partial charge is 0.245 e. The molecule has 0 N–H and O–H groups in total. The Hall–Kier alpha value is -1.16. The molecule has 92 valence electrons. The lowest BCUT2D eigenvalue weighted by Gasteiger charge is -2.19. The highest BCUT2D eigenvalue weighted by atomic mass is 35.5. The Bertz CT molecular complexity index is 568. The van der Waals surface area contributed by atoms with Crippen LogP contribution < -0.4 is 0 Å². The van der Waals surface area contributed by atoms with E-state index in [1.807, 2.05) is 0 Å². The molecule has 0 bridgehead atoms. The predicted molar refractivity (Wildman–Crippen MR) is 61.4 cm³/mol. The topological polar surface area (TPSA) is 61.2 Å². The van der Waals surface area contributed by atoms with Crippen LogP contribution >= 0.6 is 11.6 Å². The van der Waals surface area contributed by atoms with Crippen molar-refractivity contribution in [3.05, 3.63) is 29.0 Å². The number of hydrogen-bond donors (Lipinski definition) is 0. The van der Waals surface area contributed by atoms with Gasteiger partial charge in [0.15, 0.2) is 0 Å². The first-order valence-corrected chi connectivity index (χ1v) is 6.45. The quantitative estimate of drug-likeness (QED) is 0.848. The lowest BCUT2D eigenvalue weighted by Crippen LogP contribution is -2.34. The summed E-state index contributed by atoms with van der Waals surface area (Å²) in [6.07, 6.45) is 0. The molecule has 4 nitrogen and oxygen atoms in total. The summed E-state index contributed by atoms with van der Waals surface area (Å²) < 4.78 is 37.9. The fraction of sp³-hybridized carbons (Fsp3) is 0.300. The summed E-state index contributed by atoms with van der Waals surface area (Å²) in [5.74, 6) is -0.703. The normalized spacial score (nSPS) is 13.4. The molecular weight excluding hydrogens is 267 g/mol. The molecule has 0 spiro atoms. The van der Waals surface area contributed by atoms with E-state index < -0.39 is 21.9 Å². The van der Waals surface area contributed by atoms with Gasteiger partial charge in [0, 0.05) is 7.05 Å². The molecule has 7 heteroatoms. The van der Waals surface area contributed by atoms with Gasteiger partial charge in [0.05, 0.1) is 11.1 Å². The number of nitriles is 1. The molecule has 0 aliphatic rings. The highest BCUT2D eigenvalue weighted by Crippen LogP contribution is 2.25. The monoisotopic (exact) mass is 276 g/mol. The Morgan fingerprint density at radius 3 is 2.65 bits per heavy atom. The first-order valence-electron chi connectivity index (χ1n) is 4.63. The van der Waals surface area contributed by atoms with Gasteiger partial charge < -0.3 is 0 Å². The van der Waals surface area contributed by atoms with Crippen LogP contribution in [0, 0.1) is 17.1 Å². The molecule has 17 heavy (non-hydrogen) atoms. The molecule has 0 amide bonds. The Balaban J connectivity index is 3.32. The molecule has 0 heterocycles. The van der Waals surface area contributed by atoms with E-state index in [0.717, 1.165) is 22.5 Å². The predicted octanol–water partition coefficient (Wildman–Crippen LogP) is 2.01. The summed E-state index contributed by atoms with van der Waals surface area (Å²) in [6.45, 7) is 1.42. The van der Waals surface area contributed by atoms with Gasteiger partial charge in [0.25, 0.3) is 0 Å². The highest BCUT2D eigenvalue weighted by molar-refractivity contribution is 7.89. The Labute approximate surface area is 104 Å². The van der Waals surface area contributed by atoms with Gasteiger partial charge in [-0.15, -0.1) is 0 Å². The Morgan fingerprint density at radius 1 is 1.53 bits per heavy atom. The maximum atomic E-state index is 13.0. The van der Waals surface area contributed by atoms with Crippen molar-refractivity contribution in [2.75, 3.05) is 7.05 Å². The van der Waals surface area contributed by atoms with E-state index in [4.69, 9.17) is 16.9 Å². The zero-order chi connectivity index (χ0) is 13.2. The smallest absolute Gasteiger partial charge is 0.207 e. The minimum Gasteiger partial charge on any atom is -0.207 e. The third-order valence-electron chi connectivity index (χ3n) is 2.28. The third kappa shape index (κ3) is 2.75. The third-order valence-corrected chi connectivity index (χ3v) is 4.69. The van der Waals surface area contributed by atoms with E-state index in [1.165, 1.54) is 14.0 Å². The first-order chi connectivity index (χ1) is 7.80. The average Bonchev–Trinajstić information content (AvgIpc) is 2.30. The number of halogens is 2. The zero-order valence-electron chi connectivity index (χ0n) is 9.18. The summed E-state index contributed by atoms with van der Waals surface area (Å²) in [7, 11) is -2.72. The molecule has 1 aromatic carbocycles. The number of rotatable bonds is 3. The molecule has 0 saturated carbocycles. The molecular formula is C10H10ClFN2O2S. The summed E-state index contributed by atoms with van der Waals surface area (Å²) in [6, 6.07) is 3.98. The summed E-state index contributed by atoms with van der Waals surface area (Å²) >= 11 is 5.72. The lowest BCUT2D eigenvalue weighted by atomic mass is 10.3. The van der Waals surface area contributed by atoms with Crippen molar-refractivity contribution in [2.24, 2.45) is 0 Å². The van der Waals surface area contributed by atoms with E-state index in [-0.39, 0.29) is 9.92 Å². The number of nitrogens with zero attached hydrogens (tertiary/aromatic N) is 2. The van der Waals surface area contributed by atoms with E-state index in [0.29, 0.717) is 0 Å². The van der Waals surface area contributed by atoms with Crippen LogP contribution in [0.4, 0.5) is 4.39 Å². The van der Waals surface area contributed by atoms with Crippen molar-refractivity contribution < 1.29 is 12.8 Å². The molecule has 1 aromatic rings. The van der Waals surface area contributed by atoms with E-state index in [9.17, 15) is 12.8 Å². The second kappa shape index (κ2) is 5.00. The van der Waals surface area contributed by atoms with Crippen molar-refractivity contribution in [1.29, 1.82) is 5.26 Å². The van der Waals surface area contributed by atoms with Gasteiger partial charge in [-0.25, -0.2) is 12.8 Å². The summed E-state index contributed by atoms with van der Waals surface area (Å²) in [5.41, 5.74) is 0. The highest BCUT2D eigenvalue weighted by Gasteiger charge is 2.27. The van der Waals surface area contributed by atoms with E-state index in [1.54, 1.807) is 6.07 Å². The van der Waals surface area contributed by atoms with Crippen LogP contribution in [0.15, 0.2) is 23.1 Å². The van der Waals surface area contributed by atoms with Crippen LogP contribution in [-0.4, -0.2) is 25.8 Å². The maximum absolute atomic E-state index is 13.0. The number of hydrogen-bond acceptors (Lipinski definition) is 3. The molecule has 0 aliphatic carbocycles. The summed E-state index contributed by atoms with van der Waals surface area (Å²) in [5, 5.41) is 8.60. The van der Waals surface area contributed by atoms with Gasteiger partial charge in [0.2, 0.25) is 10.0 Å². The van der Waals surface area contributed by atoms with Gasteiger partial charge in [-0.3, -0.25) is 0 Å².